The van der Waals surface area contributed by atoms with Crippen LogP contribution in [0.4, 0.5) is 0 Å². The maximum Gasteiger partial charge on any atom is 0.330 e. The molecular weight excluding hydrogens is 336 g/mol. The van der Waals surface area contributed by atoms with Crippen LogP contribution >= 0.6 is 0 Å². The molecule has 0 saturated heterocycles. The van der Waals surface area contributed by atoms with E-state index in [4.69, 9.17) is 0 Å². The molecule has 0 aliphatic carbocycles. The van der Waals surface area contributed by atoms with Gasteiger partial charge in [-0.15, -0.1) is 0 Å². The number of carbonyl (C=O) groups is 2. The van der Waals surface area contributed by atoms with Gasteiger partial charge in [0, 0.05) is 12.7 Å². The number of benzene rings is 1. The molecule has 3 rings (SSSR count). The number of carboxylic acid groups (broad SMARTS) is 1. The summed E-state index contributed by atoms with van der Waals surface area (Å²) in [5.41, 5.74) is 1.34. The number of aryl methyl sites for hydroxylation is 2. The molecular formula is C18H18N4O4. The molecule has 0 bridgehead atoms. The first-order chi connectivity index (χ1) is 12.4. The molecule has 3 aromatic rings. The van der Waals surface area contributed by atoms with E-state index in [2.05, 4.69) is 15.4 Å². The molecule has 0 spiro atoms. The zero-order valence-corrected chi connectivity index (χ0v) is 14.3. The zero-order valence-electron chi connectivity index (χ0n) is 14.3. The summed E-state index contributed by atoms with van der Waals surface area (Å²) in [6, 6.07) is 7.10. The highest BCUT2D eigenvalue weighted by atomic mass is 16.4. The van der Waals surface area contributed by atoms with Gasteiger partial charge in [0.1, 0.15) is 11.3 Å². The van der Waals surface area contributed by atoms with E-state index in [0.717, 1.165) is 0 Å². The fourth-order valence-electron chi connectivity index (χ4n) is 2.83. The number of hydrogen-bond donors (Lipinski definition) is 3. The Kier molecular flexibility index (Phi) is 4.57. The third-order valence-electron chi connectivity index (χ3n) is 4.11. The Bertz CT molecular complexity index is 982. The minimum absolute atomic E-state index is 0.0987. The molecule has 0 fully saturated rings. The van der Waals surface area contributed by atoms with E-state index in [-0.39, 0.29) is 11.3 Å². The molecule has 0 aliphatic rings. The minimum Gasteiger partial charge on any atom is -0.506 e. The van der Waals surface area contributed by atoms with Crippen molar-refractivity contribution in [2.45, 2.75) is 26.4 Å². The Morgan fingerprint density at radius 1 is 1.27 bits per heavy atom. The van der Waals surface area contributed by atoms with Crippen LogP contribution in [-0.4, -0.2) is 36.9 Å². The SMILES string of the molecule is CCn1nc(C)c2c(O)c(C(=O)NC(C(=O)O)c3ccccc3)cnc21. The number of hydrogen-bond acceptors (Lipinski definition) is 5. The highest BCUT2D eigenvalue weighted by Crippen LogP contribution is 2.30. The average Bonchev–Trinajstić information content (AvgIpc) is 2.97. The Balaban J connectivity index is 1.98. The van der Waals surface area contributed by atoms with Gasteiger partial charge in [-0.2, -0.15) is 5.10 Å². The number of rotatable bonds is 5. The van der Waals surface area contributed by atoms with Crippen LogP contribution in [0.25, 0.3) is 11.0 Å². The van der Waals surface area contributed by atoms with Crippen molar-refractivity contribution in [1.29, 1.82) is 0 Å². The Hall–Kier alpha value is -3.42. The van der Waals surface area contributed by atoms with Gasteiger partial charge in [-0.05, 0) is 19.4 Å². The van der Waals surface area contributed by atoms with Gasteiger partial charge in [-0.1, -0.05) is 30.3 Å². The second-order valence-corrected chi connectivity index (χ2v) is 5.78. The number of fused-ring (bicyclic) bond motifs is 1. The van der Waals surface area contributed by atoms with Crippen molar-refractivity contribution in [2.24, 2.45) is 0 Å². The predicted molar refractivity (Wildman–Crippen MR) is 93.9 cm³/mol. The fourth-order valence-corrected chi connectivity index (χ4v) is 2.83. The van der Waals surface area contributed by atoms with E-state index in [1.807, 2.05) is 6.92 Å². The first kappa shape index (κ1) is 17.4. The van der Waals surface area contributed by atoms with Crippen molar-refractivity contribution in [3.05, 3.63) is 53.3 Å². The Morgan fingerprint density at radius 3 is 2.58 bits per heavy atom. The van der Waals surface area contributed by atoms with Crippen molar-refractivity contribution in [2.75, 3.05) is 0 Å². The molecule has 8 nitrogen and oxygen atoms in total. The summed E-state index contributed by atoms with van der Waals surface area (Å²) in [5.74, 6) is -2.19. The van der Waals surface area contributed by atoms with Crippen LogP contribution in [0, 0.1) is 6.92 Å². The number of aromatic nitrogens is 3. The summed E-state index contributed by atoms with van der Waals surface area (Å²) in [7, 11) is 0. The number of aliphatic carboxylic acids is 1. The van der Waals surface area contributed by atoms with Crippen LogP contribution in [-0.2, 0) is 11.3 Å². The van der Waals surface area contributed by atoms with Crippen LogP contribution in [0.5, 0.6) is 5.75 Å². The van der Waals surface area contributed by atoms with E-state index in [0.29, 0.717) is 28.8 Å². The smallest absolute Gasteiger partial charge is 0.330 e. The summed E-state index contributed by atoms with van der Waals surface area (Å²) in [5, 5.41) is 27.1. The van der Waals surface area contributed by atoms with Crippen molar-refractivity contribution >= 4 is 22.9 Å². The van der Waals surface area contributed by atoms with Crippen LogP contribution in [0.2, 0.25) is 0 Å². The summed E-state index contributed by atoms with van der Waals surface area (Å²) in [4.78, 5) is 28.3. The van der Waals surface area contributed by atoms with Gasteiger partial charge in [0.15, 0.2) is 11.7 Å². The molecule has 3 N–H and O–H groups in total. The maximum absolute atomic E-state index is 12.6. The third-order valence-corrected chi connectivity index (χ3v) is 4.11. The molecule has 0 saturated carbocycles. The molecule has 2 heterocycles. The predicted octanol–water partition coefficient (Wildman–Crippen LogP) is 2.02. The molecule has 1 unspecified atom stereocenters. The molecule has 134 valence electrons. The van der Waals surface area contributed by atoms with Gasteiger partial charge < -0.3 is 15.5 Å². The number of carbonyl (C=O) groups excluding carboxylic acids is 1. The molecule has 0 radical (unpaired) electrons. The van der Waals surface area contributed by atoms with Gasteiger partial charge in [0.25, 0.3) is 5.91 Å². The quantitative estimate of drug-likeness (QED) is 0.645. The number of carboxylic acids is 1. The fraction of sp³-hybridized carbons (Fsp3) is 0.222. The van der Waals surface area contributed by atoms with Gasteiger partial charge in [-0.25, -0.2) is 14.5 Å². The molecule has 1 aromatic carbocycles. The molecule has 26 heavy (non-hydrogen) atoms. The van der Waals surface area contributed by atoms with Crippen LogP contribution in [0.3, 0.4) is 0 Å². The second-order valence-electron chi connectivity index (χ2n) is 5.78. The second kappa shape index (κ2) is 6.83. The minimum atomic E-state index is -1.24. The molecule has 1 amide bonds. The van der Waals surface area contributed by atoms with E-state index in [1.165, 1.54) is 6.20 Å². The van der Waals surface area contributed by atoms with E-state index in [1.54, 1.807) is 41.9 Å². The normalized spacial score (nSPS) is 12.1. The van der Waals surface area contributed by atoms with Crippen molar-refractivity contribution in [3.8, 4) is 5.75 Å². The Labute approximate surface area is 149 Å². The van der Waals surface area contributed by atoms with Crippen LogP contribution < -0.4 is 5.32 Å². The van der Waals surface area contributed by atoms with Crippen molar-refractivity contribution in [1.82, 2.24) is 20.1 Å². The number of pyridine rings is 1. The standard InChI is InChI=1S/C18H18N4O4/c1-3-22-16-13(10(2)21-22)15(23)12(9-19-16)17(24)20-14(18(25)26)11-7-5-4-6-8-11/h4-9,14H,3H2,1-2H3,(H,19,23)(H,20,24)(H,25,26). The van der Waals surface area contributed by atoms with Gasteiger partial charge in [0.05, 0.1) is 11.1 Å². The lowest BCUT2D eigenvalue weighted by Crippen LogP contribution is -2.33. The summed E-state index contributed by atoms with van der Waals surface area (Å²) in [6.07, 6.45) is 1.23. The summed E-state index contributed by atoms with van der Waals surface area (Å²) in [6.45, 7) is 4.17. The maximum atomic E-state index is 12.6. The number of aromatic hydroxyl groups is 1. The van der Waals surface area contributed by atoms with Gasteiger partial charge >= 0.3 is 5.97 Å². The topological polar surface area (TPSA) is 117 Å². The summed E-state index contributed by atoms with van der Waals surface area (Å²) >= 11 is 0. The lowest BCUT2D eigenvalue weighted by molar-refractivity contribution is -0.139. The van der Waals surface area contributed by atoms with E-state index in [9.17, 15) is 19.8 Å². The van der Waals surface area contributed by atoms with Gasteiger partial charge in [0.2, 0.25) is 0 Å². The molecule has 1 atom stereocenters. The number of amides is 1. The molecule has 0 aliphatic heterocycles. The average molecular weight is 354 g/mol. The Morgan fingerprint density at radius 2 is 1.96 bits per heavy atom. The third kappa shape index (κ3) is 2.97. The monoisotopic (exact) mass is 354 g/mol. The summed E-state index contributed by atoms with van der Waals surface area (Å²) < 4.78 is 1.62. The highest BCUT2D eigenvalue weighted by molar-refractivity contribution is 6.03. The van der Waals surface area contributed by atoms with Crippen LogP contribution in [0.1, 0.15) is 34.6 Å². The number of nitrogens with one attached hydrogen (secondary N) is 1. The lowest BCUT2D eigenvalue weighted by Gasteiger charge is -2.15. The van der Waals surface area contributed by atoms with E-state index >= 15 is 0 Å². The highest BCUT2D eigenvalue weighted by Gasteiger charge is 2.25. The number of nitrogens with zero attached hydrogens (tertiary/aromatic N) is 3. The van der Waals surface area contributed by atoms with Gasteiger partial charge in [-0.3, -0.25) is 4.79 Å². The van der Waals surface area contributed by atoms with Crippen LogP contribution in [0.15, 0.2) is 36.5 Å². The molecule has 2 aromatic heterocycles. The first-order valence-corrected chi connectivity index (χ1v) is 8.07. The van der Waals surface area contributed by atoms with E-state index < -0.39 is 17.9 Å². The molecule has 8 heteroatoms. The lowest BCUT2D eigenvalue weighted by atomic mass is 10.1. The van der Waals surface area contributed by atoms with Crippen molar-refractivity contribution < 1.29 is 19.8 Å². The first-order valence-electron chi connectivity index (χ1n) is 8.07. The largest absolute Gasteiger partial charge is 0.506 e. The van der Waals surface area contributed by atoms with Crippen molar-refractivity contribution in [3.63, 3.8) is 0 Å². The zero-order chi connectivity index (χ0) is 18.8.